The number of hydrogen-bond donors (Lipinski definition) is 0. The highest BCUT2D eigenvalue weighted by molar-refractivity contribution is 5.19. The van der Waals surface area contributed by atoms with Gasteiger partial charge in [0.1, 0.15) is 11.9 Å². The monoisotopic (exact) mass is 220 g/mol. The smallest absolute Gasteiger partial charge is 0.138 e. The molecule has 0 unspecified atom stereocenters. The minimum Gasteiger partial charge on any atom is -0.489 e. The first-order chi connectivity index (χ1) is 7.78. The molecule has 0 bridgehead atoms. The second-order valence-electron chi connectivity index (χ2n) is 4.39. The predicted molar refractivity (Wildman–Crippen MR) is 64.7 cm³/mol. The summed E-state index contributed by atoms with van der Waals surface area (Å²) in [6.07, 6.45) is 4.44. The number of aryl methyl sites for hydroxylation is 1. The number of ether oxygens (including phenoxy) is 1. The minimum atomic E-state index is 0.368. The maximum atomic E-state index is 5.91. The predicted octanol–water partition coefficient (Wildman–Crippen LogP) is 2.25. The Morgan fingerprint density at radius 1 is 1.38 bits per heavy atom. The van der Waals surface area contributed by atoms with E-state index in [1.54, 1.807) is 0 Å². The van der Waals surface area contributed by atoms with Gasteiger partial charge in [-0.2, -0.15) is 0 Å². The van der Waals surface area contributed by atoms with Gasteiger partial charge in [-0.1, -0.05) is 6.92 Å². The highest BCUT2D eigenvalue weighted by atomic mass is 16.5. The molecule has 16 heavy (non-hydrogen) atoms. The second-order valence-corrected chi connectivity index (χ2v) is 4.39. The molecule has 0 N–H and O–H groups in total. The lowest BCUT2D eigenvalue weighted by Gasteiger charge is -2.31. The van der Waals surface area contributed by atoms with E-state index in [0.717, 1.165) is 43.9 Å². The first-order valence-corrected chi connectivity index (χ1v) is 6.09. The summed E-state index contributed by atoms with van der Waals surface area (Å²) in [6.45, 7) is 7.66. The van der Waals surface area contributed by atoms with Crippen molar-refractivity contribution in [3.05, 3.63) is 24.0 Å². The van der Waals surface area contributed by atoms with Crippen LogP contribution in [-0.2, 0) is 0 Å². The first kappa shape index (κ1) is 11.4. The molecule has 88 valence electrons. The summed E-state index contributed by atoms with van der Waals surface area (Å²) >= 11 is 0. The Hall–Kier alpha value is -1.09. The van der Waals surface area contributed by atoms with Gasteiger partial charge in [-0.15, -0.1) is 0 Å². The number of aromatic nitrogens is 1. The zero-order valence-corrected chi connectivity index (χ0v) is 10.1. The molecule has 1 aliphatic heterocycles. The van der Waals surface area contributed by atoms with Crippen LogP contribution in [0.25, 0.3) is 0 Å². The van der Waals surface area contributed by atoms with E-state index < -0.39 is 0 Å². The average molecular weight is 220 g/mol. The summed E-state index contributed by atoms with van der Waals surface area (Å²) in [5.74, 6) is 0.903. The normalized spacial score (nSPS) is 18.6. The van der Waals surface area contributed by atoms with Gasteiger partial charge in [0, 0.05) is 18.8 Å². The Morgan fingerprint density at radius 3 is 2.69 bits per heavy atom. The van der Waals surface area contributed by atoms with Gasteiger partial charge in [-0.25, -0.2) is 0 Å². The van der Waals surface area contributed by atoms with E-state index >= 15 is 0 Å². The van der Waals surface area contributed by atoms with Crippen LogP contribution in [0.3, 0.4) is 0 Å². The molecule has 0 aromatic carbocycles. The van der Waals surface area contributed by atoms with Crippen LogP contribution in [0.2, 0.25) is 0 Å². The molecule has 3 nitrogen and oxygen atoms in total. The van der Waals surface area contributed by atoms with Crippen molar-refractivity contribution in [3.8, 4) is 5.75 Å². The van der Waals surface area contributed by atoms with Crippen molar-refractivity contribution >= 4 is 0 Å². The molecule has 0 spiro atoms. The molecule has 0 amide bonds. The zero-order chi connectivity index (χ0) is 11.4. The Kier molecular flexibility index (Phi) is 3.78. The number of rotatable bonds is 3. The third kappa shape index (κ3) is 2.95. The highest BCUT2D eigenvalue weighted by Gasteiger charge is 2.19. The molecule has 1 saturated heterocycles. The molecular formula is C13H20N2O. The third-order valence-electron chi connectivity index (χ3n) is 3.17. The van der Waals surface area contributed by atoms with Crippen molar-refractivity contribution in [2.45, 2.75) is 32.8 Å². The quantitative estimate of drug-likeness (QED) is 0.781. The second kappa shape index (κ2) is 5.30. The van der Waals surface area contributed by atoms with E-state index in [-0.39, 0.29) is 0 Å². The number of nitrogens with zero attached hydrogens (tertiary/aromatic N) is 2. The van der Waals surface area contributed by atoms with Crippen molar-refractivity contribution in [2.75, 3.05) is 19.6 Å². The fraction of sp³-hybridized carbons (Fsp3) is 0.615. The fourth-order valence-corrected chi connectivity index (χ4v) is 2.06. The maximum Gasteiger partial charge on any atom is 0.138 e. The lowest BCUT2D eigenvalue weighted by atomic mass is 10.1. The van der Waals surface area contributed by atoms with E-state index in [1.807, 2.05) is 25.3 Å². The molecule has 0 radical (unpaired) electrons. The molecule has 1 aromatic rings. The number of pyridine rings is 1. The topological polar surface area (TPSA) is 25.4 Å². The summed E-state index contributed by atoms with van der Waals surface area (Å²) in [5.41, 5.74) is 1.04. The van der Waals surface area contributed by atoms with Crippen LogP contribution in [0.5, 0.6) is 5.75 Å². The number of hydrogen-bond acceptors (Lipinski definition) is 3. The summed E-state index contributed by atoms with van der Waals surface area (Å²) in [5, 5.41) is 0. The van der Waals surface area contributed by atoms with Crippen LogP contribution in [0.4, 0.5) is 0 Å². The van der Waals surface area contributed by atoms with E-state index in [1.165, 1.54) is 0 Å². The highest BCUT2D eigenvalue weighted by Crippen LogP contribution is 2.18. The largest absolute Gasteiger partial charge is 0.489 e. The lowest BCUT2D eigenvalue weighted by Crippen LogP contribution is -2.37. The van der Waals surface area contributed by atoms with Gasteiger partial charge < -0.3 is 9.64 Å². The first-order valence-electron chi connectivity index (χ1n) is 6.09. The van der Waals surface area contributed by atoms with Gasteiger partial charge >= 0.3 is 0 Å². The number of likely N-dealkylation sites (tertiary alicyclic amines) is 1. The zero-order valence-electron chi connectivity index (χ0n) is 10.1. The van der Waals surface area contributed by atoms with Crippen LogP contribution >= 0.6 is 0 Å². The molecule has 0 aliphatic carbocycles. The Bertz CT molecular complexity index is 315. The third-order valence-corrected chi connectivity index (χ3v) is 3.17. The fourth-order valence-electron chi connectivity index (χ4n) is 2.06. The van der Waals surface area contributed by atoms with Crippen molar-refractivity contribution in [1.29, 1.82) is 0 Å². The molecule has 2 rings (SSSR count). The molecule has 1 fully saturated rings. The van der Waals surface area contributed by atoms with Gasteiger partial charge in [0.05, 0.1) is 6.20 Å². The molecular weight excluding hydrogens is 200 g/mol. The molecule has 0 atom stereocenters. The summed E-state index contributed by atoms with van der Waals surface area (Å²) in [7, 11) is 0. The Morgan fingerprint density at radius 2 is 2.12 bits per heavy atom. The molecule has 2 heterocycles. The van der Waals surface area contributed by atoms with Gasteiger partial charge in [0.2, 0.25) is 0 Å². The Balaban J connectivity index is 1.84. The molecule has 1 aliphatic rings. The number of piperidine rings is 1. The summed E-state index contributed by atoms with van der Waals surface area (Å²) < 4.78 is 5.91. The van der Waals surface area contributed by atoms with Crippen LogP contribution < -0.4 is 4.74 Å². The van der Waals surface area contributed by atoms with Gasteiger partial charge in [-0.05, 0) is 38.4 Å². The van der Waals surface area contributed by atoms with Crippen molar-refractivity contribution in [3.63, 3.8) is 0 Å². The standard InChI is InChI=1S/C13H20N2O/c1-3-15-8-6-12(7-9-15)16-13-5-4-11(2)14-10-13/h4-5,10,12H,3,6-9H2,1-2H3. The molecule has 1 aromatic heterocycles. The van der Waals surface area contributed by atoms with Gasteiger partial charge in [0.25, 0.3) is 0 Å². The summed E-state index contributed by atoms with van der Waals surface area (Å²) in [6, 6.07) is 4.00. The van der Waals surface area contributed by atoms with Crippen molar-refractivity contribution in [2.24, 2.45) is 0 Å². The van der Waals surface area contributed by atoms with Gasteiger partial charge in [-0.3, -0.25) is 4.98 Å². The summed E-state index contributed by atoms with van der Waals surface area (Å²) in [4.78, 5) is 6.71. The van der Waals surface area contributed by atoms with E-state index in [2.05, 4.69) is 16.8 Å². The average Bonchev–Trinajstić information content (AvgIpc) is 2.33. The van der Waals surface area contributed by atoms with Crippen LogP contribution in [-0.4, -0.2) is 35.6 Å². The maximum absolute atomic E-state index is 5.91. The van der Waals surface area contributed by atoms with Crippen molar-refractivity contribution in [1.82, 2.24) is 9.88 Å². The molecule has 3 heteroatoms. The van der Waals surface area contributed by atoms with Crippen LogP contribution in [0.1, 0.15) is 25.5 Å². The SMILES string of the molecule is CCN1CCC(Oc2ccc(C)nc2)CC1. The van der Waals surface area contributed by atoms with E-state index in [0.29, 0.717) is 6.10 Å². The van der Waals surface area contributed by atoms with Crippen LogP contribution in [0, 0.1) is 6.92 Å². The van der Waals surface area contributed by atoms with E-state index in [9.17, 15) is 0 Å². The molecule has 0 saturated carbocycles. The Labute approximate surface area is 97.4 Å². The lowest BCUT2D eigenvalue weighted by molar-refractivity contribution is 0.103. The van der Waals surface area contributed by atoms with Crippen LogP contribution in [0.15, 0.2) is 18.3 Å². The van der Waals surface area contributed by atoms with Crippen molar-refractivity contribution < 1.29 is 4.74 Å². The van der Waals surface area contributed by atoms with Gasteiger partial charge in [0.15, 0.2) is 0 Å². The minimum absolute atomic E-state index is 0.368. The van der Waals surface area contributed by atoms with E-state index in [4.69, 9.17) is 4.74 Å².